The molecule has 86 valence electrons. The maximum absolute atomic E-state index is 9.98. The summed E-state index contributed by atoms with van der Waals surface area (Å²) in [4.78, 5) is 4.06. The van der Waals surface area contributed by atoms with Crippen molar-refractivity contribution < 1.29 is 9.63 Å². The quantitative estimate of drug-likeness (QED) is 0.738. The molecule has 0 amide bonds. The van der Waals surface area contributed by atoms with Crippen molar-refractivity contribution in [3.8, 4) is 0 Å². The van der Waals surface area contributed by atoms with Gasteiger partial charge in [-0.3, -0.25) is 0 Å². The standard InChI is InChI=1S/C10H19N3O2/c1-4-10(14,5-2)7-11-6-9-12-8(3)13-15-9/h11,14H,4-7H2,1-3H3. The first-order chi connectivity index (χ1) is 7.09. The normalized spacial score (nSPS) is 12.0. The average Bonchev–Trinajstić information content (AvgIpc) is 2.64. The Bertz CT molecular complexity index is 295. The zero-order valence-corrected chi connectivity index (χ0v) is 9.58. The van der Waals surface area contributed by atoms with Gasteiger partial charge in [0, 0.05) is 6.54 Å². The first kappa shape index (κ1) is 12.1. The van der Waals surface area contributed by atoms with E-state index in [2.05, 4.69) is 15.5 Å². The van der Waals surface area contributed by atoms with Crippen LogP contribution in [0.2, 0.25) is 0 Å². The lowest BCUT2D eigenvalue weighted by Crippen LogP contribution is -2.39. The number of nitrogens with one attached hydrogen (secondary N) is 1. The van der Waals surface area contributed by atoms with E-state index in [1.165, 1.54) is 0 Å². The number of rotatable bonds is 6. The number of nitrogens with zero attached hydrogens (tertiary/aromatic N) is 2. The predicted molar refractivity (Wildman–Crippen MR) is 56.3 cm³/mol. The molecule has 0 fully saturated rings. The third-order valence-corrected chi connectivity index (χ3v) is 2.62. The third-order valence-electron chi connectivity index (χ3n) is 2.62. The van der Waals surface area contributed by atoms with Gasteiger partial charge in [-0.25, -0.2) is 0 Å². The molecular formula is C10H19N3O2. The van der Waals surface area contributed by atoms with Crippen molar-refractivity contribution in [2.75, 3.05) is 6.54 Å². The number of aromatic nitrogens is 2. The van der Waals surface area contributed by atoms with E-state index >= 15 is 0 Å². The molecule has 1 rings (SSSR count). The van der Waals surface area contributed by atoms with Crippen molar-refractivity contribution >= 4 is 0 Å². The van der Waals surface area contributed by atoms with Crippen LogP contribution in [0.1, 0.15) is 38.4 Å². The van der Waals surface area contributed by atoms with Crippen molar-refractivity contribution in [1.82, 2.24) is 15.5 Å². The van der Waals surface area contributed by atoms with Crippen LogP contribution in [0.5, 0.6) is 0 Å². The Morgan fingerprint density at radius 2 is 2.07 bits per heavy atom. The van der Waals surface area contributed by atoms with E-state index in [1.54, 1.807) is 6.92 Å². The first-order valence-electron chi connectivity index (χ1n) is 5.32. The molecule has 0 aliphatic heterocycles. The van der Waals surface area contributed by atoms with Gasteiger partial charge in [-0.1, -0.05) is 19.0 Å². The summed E-state index contributed by atoms with van der Waals surface area (Å²) in [7, 11) is 0. The highest BCUT2D eigenvalue weighted by Crippen LogP contribution is 2.12. The number of aryl methyl sites for hydroxylation is 1. The van der Waals surface area contributed by atoms with Crippen molar-refractivity contribution in [3.05, 3.63) is 11.7 Å². The molecule has 0 spiro atoms. The summed E-state index contributed by atoms with van der Waals surface area (Å²) in [6, 6.07) is 0. The van der Waals surface area contributed by atoms with Crippen LogP contribution in [-0.4, -0.2) is 27.4 Å². The van der Waals surface area contributed by atoms with Gasteiger partial charge in [0.1, 0.15) is 0 Å². The Morgan fingerprint density at radius 3 is 2.53 bits per heavy atom. The van der Waals surface area contributed by atoms with Crippen LogP contribution < -0.4 is 5.32 Å². The Labute approximate surface area is 89.9 Å². The third kappa shape index (κ3) is 3.60. The summed E-state index contributed by atoms with van der Waals surface area (Å²) in [6.45, 7) is 6.77. The van der Waals surface area contributed by atoms with Gasteiger partial charge in [0.25, 0.3) is 0 Å². The van der Waals surface area contributed by atoms with Crippen molar-refractivity contribution in [2.45, 2.75) is 45.8 Å². The van der Waals surface area contributed by atoms with Gasteiger partial charge >= 0.3 is 0 Å². The summed E-state index contributed by atoms with van der Waals surface area (Å²) < 4.78 is 4.94. The van der Waals surface area contributed by atoms with Crippen LogP contribution in [0.4, 0.5) is 0 Å². The fourth-order valence-corrected chi connectivity index (χ4v) is 1.31. The number of hydrogen-bond donors (Lipinski definition) is 2. The van der Waals surface area contributed by atoms with Crippen molar-refractivity contribution in [1.29, 1.82) is 0 Å². The number of hydrogen-bond acceptors (Lipinski definition) is 5. The van der Waals surface area contributed by atoms with E-state index in [-0.39, 0.29) is 0 Å². The minimum absolute atomic E-state index is 0.503. The molecule has 1 aromatic rings. The van der Waals surface area contributed by atoms with Crippen LogP contribution in [0.3, 0.4) is 0 Å². The minimum Gasteiger partial charge on any atom is -0.389 e. The second-order valence-corrected chi connectivity index (χ2v) is 3.77. The molecule has 0 saturated carbocycles. The van der Waals surface area contributed by atoms with Crippen LogP contribution in [-0.2, 0) is 6.54 Å². The molecular weight excluding hydrogens is 194 g/mol. The zero-order chi connectivity index (χ0) is 11.3. The summed E-state index contributed by atoms with van der Waals surface area (Å²) in [6.07, 6.45) is 1.47. The monoisotopic (exact) mass is 213 g/mol. The molecule has 15 heavy (non-hydrogen) atoms. The van der Waals surface area contributed by atoms with Gasteiger partial charge in [-0.2, -0.15) is 4.98 Å². The minimum atomic E-state index is -0.630. The summed E-state index contributed by atoms with van der Waals surface area (Å²) in [5.74, 6) is 1.19. The van der Waals surface area contributed by atoms with Crippen LogP contribution in [0.25, 0.3) is 0 Å². The molecule has 5 heteroatoms. The number of aliphatic hydroxyl groups is 1. The van der Waals surface area contributed by atoms with E-state index in [4.69, 9.17) is 4.52 Å². The van der Waals surface area contributed by atoms with Gasteiger partial charge in [0.05, 0.1) is 12.1 Å². The smallest absolute Gasteiger partial charge is 0.240 e. The summed E-state index contributed by atoms with van der Waals surface area (Å²) >= 11 is 0. The lowest BCUT2D eigenvalue weighted by molar-refractivity contribution is 0.0317. The molecule has 0 radical (unpaired) electrons. The van der Waals surface area contributed by atoms with Crippen molar-refractivity contribution in [2.24, 2.45) is 0 Å². The Hall–Kier alpha value is -0.940. The SMILES string of the molecule is CCC(O)(CC)CNCc1nc(C)no1. The Balaban J connectivity index is 2.32. The van der Waals surface area contributed by atoms with Crippen molar-refractivity contribution in [3.63, 3.8) is 0 Å². The van der Waals surface area contributed by atoms with E-state index in [1.807, 2.05) is 13.8 Å². The van der Waals surface area contributed by atoms with Gasteiger partial charge in [-0.05, 0) is 19.8 Å². The highest BCUT2D eigenvalue weighted by atomic mass is 16.5. The molecule has 1 aromatic heterocycles. The summed E-state index contributed by atoms with van der Waals surface area (Å²) in [5.41, 5.74) is -0.630. The largest absolute Gasteiger partial charge is 0.389 e. The van der Waals surface area contributed by atoms with Gasteiger partial charge in [-0.15, -0.1) is 0 Å². The van der Waals surface area contributed by atoms with E-state index in [0.717, 1.165) is 12.8 Å². The second-order valence-electron chi connectivity index (χ2n) is 3.77. The zero-order valence-electron chi connectivity index (χ0n) is 9.58. The van der Waals surface area contributed by atoms with Crippen LogP contribution in [0, 0.1) is 6.92 Å². The first-order valence-corrected chi connectivity index (χ1v) is 5.32. The van der Waals surface area contributed by atoms with E-state index in [9.17, 15) is 5.11 Å². The lowest BCUT2D eigenvalue weighted by Gasteiger charge is -2.24. The highest BCUT2D eigenvalue weighted by molar-refractivity contribution is 4.84. The summed E-state index contributed by atoms with van der Waals surface area (Å²) in [5, 5.41) is 16.8. The van der Waals surface area contributed by atoms with Gasteiger partial charge in [0.2, 0.25) is 5.89 Å². The molecule has 0 saturated heterocycles. The fraction of sp³-hybridized carbons (Fsp3) is 0.800. The molecule has 0 aliphatic carbocycles. The molecule has 0 atom stereocenters. The van der Waals surface area contributed by atoms with Gasteiger partial charge in [0.15, 0.2) is 5.82 Å². The average molecular weight is 213 g/mol. The Kier molecular flexibility index (Phi) is 4.23. The molecule has 0 aromatic carbocycles. The molecule has 0 bridgehead atoms. The molecule has 5 nitrogen and oxygen atoms in total. The highest BCUT2D eigenvalue weighted by Gasteiger charge is 2.21. The maximum Gasteiger partial charge on any atom is 0.240 e. The molecule has 0 unspecified atom stereocenters. The Morgan fingerprint density at radius 1 is 1.40 bits per heavy atom. The van der Waals surface area contributed by atoms with E-state index < -0.39 is 5.60 Å². The predicted octanol–water partition coefficient (Wildman–Crippen LogP) is 1.02. The lowest BCUT2D eigenvalue weighted by atomic mass is 9.98. The molecule has 2 N–H and O–H groups in total. The molecule has 0 aliphatic rings. The molecule has 1 heterocycles. The van der Waals surface area contributed by atoms with Crippen LogP contribution in [0.15, 0.2) is 4.52 Å². The second kappa shape index (κ2) is 5.23. The maximum atomic E-state index is 9.98. The fourth-order valence-electron chi connectivity index (χ4n) is 1.31. The van der Waals surface area contributed by atoms with Crippen LogP contribution >= 0.6 is 0 Å². The topological polar surface area (TPSA) is 71.2 Å². The van der Waals surface area contributed by atoms with Gasteiger partial charge < -0.3 is 14.9 Å². The van der Waals surface area contributed by atoms with E-state index in [0.29, 0.717) is 24.8 Å².